The van der Waals surface area contributed by atoms with Crippen molar-refractivity contribution in [2.75, 3.05) is 32.9 Å². The third kappa shape index (κ3) is 5.49. The second-order valence-corrected chi connectivity index (χ2v) is 9.04. The maximum Gasteiger partial charge on any atom is 0.266 e. The number of rotatable bonds is 9. The van der Waals surface area contributed by atoms with Crippen LogP contribution in [-0.2, 0) is 16.0 Å². The number of hydrogen-bond donors (Lipinski definition) is 2. The van der Waals surface area contributed by atoms with Gasteiger partial charge in [-0.05, 0) is 54.8 Å². The van der Waals surface area contributed by atoms with Gasteiger partial charge in [-0.1, -0.05) is 28.1 Å². The van der Waals surface area contributed by atoms with E-state index in [0.717, 1.165) is 41.5 Å². The van der Waals surface area contributed by atoms with E-state index in [4.69, 9.17) is 19.6 Å². The molecule has 0 bridgehead atoms. The second-order valence-electron chi connectivity index (χ2n) is 8.13. The molecule has 4 rings (SSSR count). The Morgan fingerprint density at radius 2 is 1.88 bits per heavy atom. The molecule has 1 fully saturated rings. The molecule has 2 heterocycles. The number of carbonyl (C=O) groups is 1. The number of nitrogens with zero attached hydrogens (tertiary/aromatic N) is 2. The summed E-state index contributed by atoms with van der Waals surface area (Å²) in [4.78, 5) is 18.2. The third-order valence-corrected chi connectivity index (χ3v) is 6.16. The summed E-state index contributed by atoms with van der Waals surface area (Å²) >= 11 is 3.46. The average molecular weight is 502 g/mol. The first-order valence-corrected chi connectivity index (χ1v) is 11.7. The minimum absolute atomic E-state index is 0.0999. The number of nitrogens with one attached hydrogen (secondary N) is 1. The van der Waals surface area contributed by atoms with E-state index in [-0.39, 0.29) is 19.1 Å². The van der Waals surface area contributed by atoms with Gasteiger partial charge in [0.25, 0.3) is 5.91 Å². The predicted molar refractivity (Wildman–Crippen MR) is 126 cm³/mol. The fourth-order valence-corrected chi connectivity index (χ4v) is 4.11. The van der Waals surface area contributed by atoms with E-state index in [1.54, 1.807) is 0 Å². The first-order valence-electron chi connectivity index (χ1n) is 11.0. The molecule has 2 aromatic rings. The monoisotopic (exact) mass is 501 g/mol. The van der Waals surface area contributed by atoms with Gasteiger partial charge in [0, 0.05) is 42.6 Å². The van der Waals surface area contributed by atoms with Crippen LogP contribution in [0.5, 0.6) is 5.75 Å². The van der Waals surface area contributed by atoms with Crippen molar-refractivity contribution in [1.29, 1.82) is 0 Å². The first kappa shape index (κ1) is 22.8. The Morgan fingerprint density at radius 1 is 1.16 bits per heavy atom. The molecule has 0 radical (unpaired) electrons. The molecule has 1 amide bonds. The van der Waals surface area contributed by atoms with Gasteiger partial charge in [-0.25, -0.2) is 10.0 Å². The highest BCUT2D eigenvalue weighted by Gasteiger charge is 2.45. The molecule has 2 aromatic carbocycles. The molecule has 0 aromatic heterocycles. The smallest absolute Gasteiger partial charge is 0.266 e. The van der Waals surface area contributed by atoms with Crippen molar-refractivity contribution in [3.8, 4) is 5.75 Å². The van der Waals surface area contributed by atoms with E-state index in [1.165, 1.54) is 0 Å². The molecule has 0 aliphatic carbocycles. The van der Waals surface area contributed by atoms with Gasteiger partial charge in [-0.2, -0.15) is 0 Å². The summed E-state index contributed by atoms with van der Waals surface area (Å²) in [6.45, 7) is 2.46. The lowest BCUT2D eigenvalue weighted by molar-refractivity contribution is -0.131. The zero-order valence-electron chi connectivity index (χ0n) is 17.9. The van der Waals surface area contributed by atoms with Crippen LogP contribution in [0.3, 0.4) is 0 Å². The molecule has 8 heteroatoms. The van der Waals surface area contributed by atoms with Gasteiger partial charge in [-0.15, -0.1) is 0 Å². The third-order valence-electron chi connectivity index (χ3n) is 5.63. The molecule has 1 atom stereocenters. The van der Waals surface area contributed by atoms with Gasteiger partial charge in [0.15, 0.2) is 5.54 Å². The number of benzene rings is 2. The molecule has 2 aliphatic rings. The number of aliphatic hydroxyl groups is 1. The van der Waals surface area contributed by atoms with Crippen LogP contribution in [0, 0.1) is 0 Å². The number of hydrazine groups is 1. The van der Waals surface area contributed by atoms with Crippen LogP contribution in [0.4, 0.5) is 0 Å². The van der Waals surface area contributed by atoms with Gasteiger partial charge in [0.2, 0.25) is 5.90 Å². The fourth-order valence-electron chi connectivity index (χ4n) is 3.85. The Balaban J connectivity index is 1.55. The van der Waals surface area contributed by atoms with Gasteiger partial charge in [-0.3, -0.25) is 10.2 Å². The van der Waals surface area contributed by atoms with Crippen LogP contribution in [0.15, 0.2) is 58.0 Å². The highest BCUT2D eigenvalue weighted by atomic mass is 79.9. The normalized spacial score (nSPS) is 20.6. The Labute approximate surface area is 196 Å². The van der Waals surface area contributed by atoms with Crippen LogP contribution < -0.4 is 10.2 Å². The molecule has 170 valence electrons. The molecular formula is C24H28BrN3O4. The van der Waals surface area contributed by atoms with Crippen molar-refractivity contribution >= 4 is 27.7 Å². The second kappa shape index (κ2) is 10.5. The Kier molecular flexibility index (Phi) is 7.44. The predicted octanol–water partition coefficient (Wildman–Crippen LogP) is 3.10. The van der Waals surface area contributed by atoms with Gasteiger partial charge < -0.3 is 14.6 Å². The van der Waals surface area contributed by atoms with Crippen molar-refractivity contribution in [2.24, 2.45) is 4.99 Å². The van der Waals surface area contributed by atoms with Crippen LogP contribution in [-0.4, -0.2) is 60.4 Å². The standard InChI is InChI=1S/C24H28BrN3O4/c25-20-8-4-18(5-9-20)16-24(23(30)27-28-12-1-2-13-28)17-32-22(26-24)19-6-10-21(11-7-19)31-15-3-14-29/h4-11,29H,1-3,12-17H2,(H,27,30)/t24-/m0/s1. The molecule has 2 N–H and O–H groups in total. The minimum Gasteiger partial charge on any atom is -0.494 e. The van der Waals surface area contributed by atoms with E-state index in [1.807, 2.05) is 53.5 Å². The summed E-state index contributed by atoms with van der Waals surface area (Å²) in [5.41, 5.74) is 3.85. The number of aliphatic hydroxyl groups excluding tert-OH is 1. The van der Waals surface area contributed by atoms with E-state index in [0.29, 0.717) is 31.1 Å². The lowest BCUT2D eigenvalue weighted by atomic mass is 9.91. The van der Waals surface area contributed by atoms with Gasteiger partial charge in [0.1, 0.15) is 12.4 Å². The number of aliphatic imine (C=N–C) groups is 1. The average Bonchev–Trinajstić information content (AvgIpc) is 3.47. The highest BCUT2D eigenvalue weighted by Crippen LogP contribution is 2.28. The molecule has 0 spiro atoms. The Hall–Kier alpha value is -2.42. The minimum atomic E-state index is -1.03. The molecule has 2 aliphatic heterocycles. The summed E-state index contributed by atoms with van der Waals surface area (Å²) in [5, 5.41) is 10.9. The molecule has 32 heavy (non-hydrogen) atoms. The van der Waals surface area contributed by atoms with Crippen molar-refractivity contribution < 1.29 is 19.4 Å². The van der Waals surface area contributed by atoms with Crippen LogP contribution >= 0.6 is 15.9 Å². The zero-order valence-corrected chi connectivity index (χ0v) is 19.5. The van der Waals surface area contributed by atoms with Crippen molar-refractivity contribution in [2.45, 2.75) is 31.2 Å². The first-order chi connectivity index (χ1) is 15.6. The maximum atomic E-state index is 13.4. The highest BCUT2D eigenvalue weighted by molar-refractivity contribution is 9.10. The summed E-state index contributed by atoms with van der Waals surface area (Å²) < 4.78 is 12.5. The lowest BCUT2D eigenvalue weighted by Crippen LogP contribution is -2.53. The SMILES string of the molecule is O=C(NN1CCCC1)[C@]1(Cc2ccc(Br)cc2)COC(c2ccc(OCCCO)cc2)=N1. The van der Waals surface area contributed by atoms with Crippen LogP contribution in [0.2, 0.25) is 0 Å². The number of carbonyl (C=O) groups excluding carboxylic acids is 1. The van der Waals surface area contributed by atoms with Crippen molar-refractivity contribution in [3.05, 3.63) is 64.1 Å². The van der Waals surface area contributed by atoms with E-state index in [9.17, 15) is 4.79 Å². The lowest BCUT2D eigenvalue weighted by Gasteiger charge is -2.26. The number of amides is 1. The van der Waals surface area contributed by atoms with E-state index >= 15 is 0 Å². The van der Waals surface area contributed by atoms with Crippen LogP contribution in [0.1, 0.15) is 30.4 Å². The topological polar surface area (TPSA) is 83.4 Å². The van der Waals surface area contributed by atoms with Crippen molar-refractivity contribution in [1.82, 2.24) is 10.4 Å². The maximum absolute atomic E-state index is 13.4. The summed E-state index contributed by atoms with van der Waals surface area (Å²) in [7, 11) is 0. The summed E-state index contributed by atoms with van der Waals surface area (Å²) in [5.74, 6) is 1.04. The van der Waals surface area contributed by atoms with Gasteiger partial charge >= 0.3 is 0 Å². The largest absolute Gasteiger partial charge is 0.494 e. The molecule has 7 nitrogen and oxygen atoms in total. The van der Waals surface area contributed by atoms with E-state index in [2.05, 4.69) is 21.4 Å². The molecule has 1 saturated heterocycles. The van der Waals surface area contributed by atoms with Gasteiger partial charge in [0.05, 0.1) is 6.61 Å². The quantitative estimate of drug-likeness (QED) is 0.515. The number of hydrogen-bond acceptors (Lipinski definition) is 6. The zero-order chi connectivity index (χ0) is 22.4. The Morgan fingerprint density at radius 3 is 2.56 bits per heavy atom. The molecular weight excluding hydrogens is 474 g/mol. The molecule has 0 unspecified atom stereocenters. The molecule has 0 saturated carbocycles. The Bertz CT molecular complexity index is 943. The summed E-state index contributed by atoms with van der Waals surface area (Å²) in [6, 6.07) is 15.4. The van der Waals surface area contributed by atoms with Crippen molar-refractivity contribution in [3.63, 3.8) is 0 Å². The fraction of sp³-hybridized carbons (Fsp3) is 0.417. The van der Waals surface area contributed by atoms with E-state index < -0.39 is 5.54 Å². The van der Waals surface area contributed by atoms with Crippen LogP contribution in [0.25, 0.3) is 0 Å². The summed E-state index contributed by atoms with van der Waals surface area (Å²) in [6.07, 6.45) is 3.20. The number of ether oxygens (including phenoxy) is 2. The number of halogens is 1.